The average molecular weight is 406 g/mol. The lowest BCUT2D eigenvalue weighted by atomic mass is 9.99. The van der Waals surface area contributed by atoms with Crippen LogP contribution in [-0.2, 0) is 9.53 Å². The highest BCUT2D eigenvalue weighted by Gasteiger charge is 2.15. The monoisotopic (exact) mass is 405 g/mol. The van der Waals surface area contributed by atoms with E-state index in [9.17, 15) is 14.7 Å². The summed E-state index contributed by atoms with van der Waals surface area (Å²) < 4.78 is 5.57. The van der Waals surface area contributed by atoms with Gasteiger partial charge in [0, 0.05) is 10.2 Å². The molecule has 0 saturated heterocycles. The topological polar surface area (TPSA) is 75.6 Å². The van der Waals surface area contributed by atoms with Gasteiger partial charge in [0.15, 0.2) is 6.61 Å². The fourth-order valence-electron chi connectivity index (χ4n) is 2.21. The number of hydrogen-bond donors (Lipinski definition) is 2. The number of hydrogen-bond acceptors (Lipinski definition) is 4. The van der Waals surface area contributed by atoms with E-state index in [0.717, 1.165) is 6.42 Å². The van der Waals surface area contributed by atoms with Gasteiger partial charge in [0.25, 0.3) is 5.91 Å². The van der Waals surface area contributed by atoms with Crippen molar-refractivity contribution in [2.24, 2.45) is 0 Å². The van der Waals surface area contributed by atoms with Gasteiger partial charge in [0.1, 0.15) is 11.3 Å². The molecule has 0 heterocycles. The molecule has 0 saturated carbocycles. The molecule has 0 aliphatic heterocycles. The number of carbonyl (C=O) groups is 2. The van der Waals surface area contributed by atoms with Gasteiger partial charge in [-0.25, -0.2) is 4.79 Å². The van der Waals surface area contributed by atoms with E-state index in [4.69, 9.17) is 4.74 Å². The van der Waals surface area contributed by atoms with Crippen molar-refractivity contribution in [3.8, 4) is 5.75 Å². The molecule has 1 atom stereocenters. The summed E-state index contributed by atoms with van der Waals surface area (Å²) >= 11 is 3.21. The first-order valence-corrected chi connectivity index (χ1v) is 8.75. The van der Waals surface area contributed by atoms with Crippen LogP contribution in [0.5, 0.6) is 5.75 Å². The Morgan fingerprint density at radius 1 is 1.20 bits per heavy atom. The number of anilines is 1. The molecule has 1 amide bonds. The largest absolute Gasteiger partial charge is 0.507 e. The van der Waals surface area contributed by atoms with Crippen LogP contribution in [0.2, 0.25) is 0 Å². The first kappa shape index (κ1) is 19.0. The van der Waals surface area contributed by atoms with Crippen molar-refractivity contribution in [2.45, 2.75) is 26.2 Å². The van der Waals surface area contributed by atoms with Gasteiger partial charge in [-0.15, -0.1) is 0 Å². The summed E-state index contributed by atoms with van der Waals surface area (Å²) in [5, 5.41) is 12.3. The van der Waals surface area contributed by atoms with Crippen molar-refractivity contribution in [2.75, 3.05) is 11.9 Å². The van der Waals surface area contributed by atoms with Crippen LogP contribution in [0.3, 0.4) is 0 Å². The van der Waals surface area contributed by atoms with E-state index >= 15 is 0 Å². The van der Waals surface area contributed by atoms with Gasteiger partial charge >= 0.3 is 5.97 Å². The van der Waals surface area contributed by atoms with Crippen molar-refractivity contribution < 1.29 is 19.4 Å². The molecule has 0 unspecified atom stereocenters. The second-order valence-electron chi connectivity index (χ2n) is 5.72. The normalized spacial score (nSPS) is 11.6. The van der Waals surface area contributed by atoms with Crippen molar-refractivity contribution in [3.05, 3.63) is 58.1 Å². The highest BCUT2D eigenvalue weighted by Crippen LogP contribution is 2.23. The lowest BCUT2D eigenvalue weighted by Gasteiger charge is -2.11. The Bertz CT molecular complexity index is 759. The molecule has 0 spiro atoms. The maximum atomic E-state index is 11.9. The summed E-state index contributed by atoms with van der Waals surface area (Å²) in [7, 11) is 0. The van der Waals surface area contributed by atoms with Crippen LogP contribution in [-0.4, -0.2) is 23.6 Å². The molecule has 0 aliphatic carbocycles. The maximum Gasteiger partial charge on any atom is 0.342 e. The summed E-state index contributed by atoms with van der Waals surface area (Å²) in [5.74, 6) is -0.946. The van der Waals surface area contributed by atoms with Gasteiger partial charge in [-0.3, -0.25) is 4.79 Å². The van der Waals surface area contributed by atoms with Crippen molar-refractivity contribution in [1.29, 1.82) is 0 Å². The fraction of sp³-hybridized carbons (Fsp3) is 0.263. The van der Waals surface area contributed by atoms with Gasteiger partial charge < -0.3 is 15.2 Å². The number of rotatable bonds is 6. The number of aromatic hydroxyl groups is 1. The maximum absolute atomic E-state index is 11.9. The number of ether oxygens (including phenoxy) is 1. The molecule has 6 heteroatoms. The molecular formula is C19H20BrNO4. The van der Waals surface area contributed by atoms with Crippen LogP contribution in [0.1, 0.15) is 42.1 Å². The van der Waals surface area contributed by atoms with Crippen molar-refractivity contribution in [1.82, 2.24) is 0 Å². The molecule has 2 aromatic rings. The van der Waals surface area contributed by atoms with Crippen LogP contribution in [0.4, 0.5) is 5.69 Å². The lowest BCUT2D eigenvalue weighted by Crippen LogP contribution is -2.21. The standard InChI is InChI=1S/C19H20BrNO4/c1-3-12(2)13-4-7-15(8-5-13)21-18(23)11-25-19(24)16-10-14(20)6-9-17(16)22/h4-10,12,22H,3,11H2,1-2H3,(H,21,23)/t12-/m0/s1. The van der Waals surface area contributed by atoms with E-state index < -0.39 is 18.5 Å². The molecule has 25 heavy (non-hydrogen) atoms. The molecule has 0 aromatic heterocycles. The van der Waals surface area contributed by atoms with E-state index in [0.29, 0.717) is 16.1 Å². The Hall–Kier alpha value is -2.34. The van der Waals surface area contributed by atoms with Gasteiger partial charge in [-0.05, 0) is 48.2 Å². The van der Waals surface area contributed by atoms with Crippen molar-refractivity contribution >= 4 is 33.5 Å². The predicted octanol–water partition coefficient (Wildman–Crippen LogP) is 4.46. The summed E-state index contributed by atoms with van der Waals surface area (Å²) in [5.41, 5.74) is 1.84. The number of halogens is 1. The van der Waals surface area contributed by atoms with E-state index in [1.165, 1.54) is 17.7 Å². The van der Waals surface area contributed by atoms with Crippen LogP contribution in [0.25, 0.3) is 0 Å². The number of benzene rings is 2. The molecule has 2 rings (SSSR count). The van der Waals surface area contributed by atoms with Gasteiger partial charge in [-0.1, -0.05) is 41.9 Å². The van der Waals surface area contributed by atoms with Crippen LogP contribution < -0.4 is 5.32 Å². The third-order valence-corrected chi connectivity index (χ3v) is 4.38. The number of nitrogens with one attached hydrogen (secondary N) is 1. The fourth-order valence-corrected chi connectivity index (χ4v) is 2.57. The molecule has 5 nitrogen and oxygen atoms in total. The van der Waals surface area contributed by atoms with Gasteiger partial charge in [0.05, 0.1) is 0 Å². The van der Waals surface area contributed by atoms with E-state index in [2.05, 4.69) is 35.1 Å². The molecule has 0 aliphatic rings. The summed E-state index contributed by atoms with van der Waals surface area (Å²) in [4.78, 5) is 23.9. The molecule has 132 valence electrons. The second kappa shape index (κ2) is 8.67. The Balaban J connectivity index is 1.90. The highest BCUT2D eigenvalue weighted by molar-refractivity contribution is 9.10. The average Bonchev–Trinajstić information content (AvgIpc) is 2.61. The SMILES string of the molecule is CC[C@H](C)c1ccc(NC(=O)COC(=O)c2cc(Br)ccc2O)cc1. The van der Waals surface area contributed by atoms with Crippen molar-refractivity contribution in [3.63, 3.8) is 0 Å². The minimum absolute atomic E-state index is 0.0000751. The number of esters is 1. The zero-order chi connectivity index (χ0) is 18.4. The van der Waals surface area contributed by atoms with Gasteiger partial charge in [-0.2, -0.15) is 0 Å². The highest BCUT2D eigenvalue weighted by atomic mass is 79.9. The van der Waals surface area contributed by atoms with E-state index in [-0.39, 0.29) is 11.3 Å². The van der Waals surface area contributed by atoms with E-state index in [1.807, 2.05) is 24.3 Å². The number of amides is 1. The predicted molar refractivity (Wildman–Crippen MR) is 99.9 cm³/mol. The summed E-state index contributed by atoms with van der Waals surface area (Å²) in [6.07, 6.45) is 1.05. The number of carbonyl (C=O) groups excluding carboxylic acids is 2. The third-order valence-electron chi connectivity index (χ3n) is 3.89. The zero-order valence-corrected chi connectivity index (χ0v) is 15.7. The lowest BCUT2D eigenvalue weighted by molar-refractivity contribution is -0.119. The third kappa shape index (κ3) is 5.32. The minimum atomic E-state index is -0.763. The first-order chi connectivity index (χ1) is 11.9. The Morgan fingerprint density at radius 2 is 1.88 bits per heavy atom. The quantitative estimate of drug-likeness (QED) is 0.695. The summed E-state index contributed by atoms with van der Waals surface area (Å²) in [6.45, 7) is 3.83. The van der Waals surface area contributed by atoms with Crippen LogP contribution in [0, 0.1) is 0 Å². The van der Waals surface area contributed by atoms with Crippen LogP contribution >= 0.6 is 15.9 Å². The molecular weight excluding hydrogens is 386 g/mol. The smallest absolute Gasteiger partial charge is 0.342 e. The minimum Gasteiger partial charge on any atom is -0.507 e. The molecule has 0 radical (unpaired) electrons. The van der Waals surface area contributed by atoms with E-state index in [1.54, 1.807) is 6.07 Å². The Labute approximate surface area is 155 Å². The van der Waals surface area contributed by atoms with Gasteiger partial charge in [0.2, 0.25) is 0 Å². The number of phenolic OH excluding ortho intramolecular Hbond substituents is 1. The first-order valence-electron chi connectivity index (χ1n) is 7.96. The zero-order valence-electron chi connectivity index (χ0n) is 14.1. The molecule has 0 fully saturated rings. The Morgan fingerprint density at radius 3 is 2.52 bits per heavy atom. The Kier molecular flexibility index (Phi) is 6.58. The number of phenols is 1. The molecule has 2 aromatic carbocycles. The molecule has 0 bridgehead atoms. The molecule has 2 N–H and O–H groups in total. The van der Waals surface area contributed by atoms with Crippen LogP contribution in [0.15, 0.2) is 46.9 Å². The summed E-state index contributed by atoms with van der Waals surface area (Å²) in [6, 6.07) is 12.0. The second-order valence-corrected chi connectivity index (χ2v) is 6.63.